The minimum atomic E-state index is 0.447. The van der Waals surface area contributed by atoms with Crippen LogP contribution in [0.1, 0.15) is 18.4 Å². The number of nitrogens with two attached hydrogens (primary N) is 1. The molecule has 1 saturated heterocycles. The summed E-state index contributed by atoms with van der Waals surface area (Å²) in [6.45, 7) is 3.17. The van der Waals surface area contributed by atoms with Gasteiger partial charge in [0.2, 0.25) is 5.95 Å². The zero-order valence-corrected chi connectivity index (χ0v) is 16.5. The van der Waals surface area contributed by atoms with E-state index in [1.165, 1.54) is 0 Å². The van der Waals surface area contributed by atoms with Crippen LogP contribution in [-0.2, 0) is 6.54 Å². The Bertz CT molecular complexity index is 784. The normalized spacial score (nSPS) is 17.3. The van der Waals surface area contributed by atoms with E-state index in [1.807, 2.05) is 24.3 Å². The first-order valence-electron chi connectivity index (χ1n) is 9.46. The molecule has 1 atom stereocenters. The molecule has 3 rings (SSSR count). The predicted octanol–water partition coefficient (Wildman–Crippen LogP) is 1.81. The first-order chi connectivity index (χ1) is 13.7. The van der Waals surface area contributed by atoms with Gasteiger partial charge in [0.1, 0.15) is 0 Å². The molecule has 0 bridgehead atoms. The number of piperidine rings is 1. The average Bonchev–Trinajstić information content (AvgIpc) is 2.76. The van der Waals surface area contributed by atoms with Crippen molar-refractivity contribution in [2.45, 2.75) is 19.4 Å². The molecule has 1 aliphatic heterocycles. The highest BCUT2D eigenvalue weighted by Gasteiger charge is 2.21. The summed E-state index contributed by atoms with van der Waals surface area (Å²) in [6.07, 6.45) is 5.83. The van der Waals surface area contributed by atoms with Gasteiger partial charge in [-0.25, -0.2) is 15.0 Å². The molecule has 0 aliphatic carbocycles. The Hall–Kier alpha value is -3.03. The highest BCUT2D eigenvalue weighted by molar-refractivity contribution is 5.77. The van der Waals surface area contributed by atoms with E-state index in [0.717, 1.165) is 44.0 Å². The maximum atomic E-state index is 6.06. The zero-order valence-electron chi connectivity index (χ0n) is 16.5. The van der Waals surface area contributed by atoms with Gasteiger partial charge in [-0.1, -0.05) is 6.07 Å². The second-order valence-electron chi connectivity index (χ2n) is 6.77. The molecule has 1 aliphatic rings. The predicted molar refractivity (Wildman–Crippen MR) is 110 cm³/mol. The van der Waals surface area contributed by atoms with Crippen LogP contribution in [0.25, 0.3) is 0 Å². The van der Waals surface area contributed by atoms with Gasteiger partial charge in [0, 0.05) is 32.0 Å². The summed E-state index contributed by atoms with van der Waals surface area (Å²) in [5, 5.41) is 3.25. The summed E-state index contributed by atoms with van der Waals surface area (Å²) in [4.78, 5) is 15.4. The largest absolute Gasteiger partial charge is 0.493 e. The molecular weight excluding hydrogens is 356 g/mol. The Kier molecular flexibility index (Phi) is 6.89. The van der Waals surface area contributed by atoms with Gasteiger partial charge in [0.05, 0.1) is 20.8 Å². The van der Waals surface area contributed by atoms with Gasteiger partial charge in [0.25, 0.3) is 0 Å². The molecule has 2 heterocycles. The van der Waals surface area contributed by atoms with Crippen molar-refractivity contribution in [1.82, 2.24) is 15.3 Å². The second kappa shape index (κ2) is 9.77. The lowest BCUT2D eigenvalue weighted by molar-refractivity contribution is 0.354. The maximum Gasteiger partial charge on any atom is 0.225 e. The van der Waals surface area contributed by atoms with Crippen molar-refractivity contribution in [1.29, 1.82) is 0 Å². The Morgan fingerprint density at radius 2 is 2.04 bits per heavy atom. The number of nitrogens with one attached hydrogen (secondary N) is 1. The van der Waals surface area contributed by atoms with E-state index < -0.39 is 0 Å². The van der Waals surface area contributed by atoms with Crippen molar-refractivity contribution in [2.75, 3.05) is 38.8 Å². The quantitative estimate of drug-likeness (QED) is 0.555. The maximum absolute atomic E-state index is 6.06. The minimum absolute atomic E-state index is 0.447. The van der Waals surface area contributed by atoms with Crippen molar-refractivity contribution in [2.24, 2.45) is 16.6 Å². The lowest BCUT2D eigenvalue weighted by atomic mass is 9.98. The fourth-order valence-corrected chi connectivity index (χ4v) is 3.33. The summed E-state index contributed by atoms with van der Waals surface area (Å²) in [6, 6.07) is 7.57. The molecular formula is C20H28N6O2. The van der Waals surface area contributed by atoms with E-state index in [0.29, 0.717) is 29.9 Å². The van der Waals surface area contributed by atoms with Crippen molar-refractivity contribution in [3.05, 3.63) is 42.2 Å². The molecule has 8 heteroatoms. The van der Waals surface area contributed by atoms with Crippen LogP contribution in [0.3, 0.4) is 0 Å². The highest BCUT2D eigenvalue weighted by Crippen LogP contribution is 2.27. The Balaban J connectivity index is 1.50. The number of hydrogen-bond donors (Lipinski definition) is 2. The topological polar surface area (TPSA) is 97.9 Å². The van der Waals surface area contributed by atoms with Crippen LogP contribution in [-0.4, -0.2) is 49.8 Å². The number of nitrogens with zero attached hydrogens (tertiary/aromatic N) is 4. The van der Waals surface area contributed by atoms with Crippen molar-refractivity contribution >= 4 is 11.9 Å². The highest BCUT2D eigenvalue weighted by atomic mass is 16.5. The van der Waals surface area contributed by atoms with Gasteiger partial charge in [-0.3, -0.25) is 0 Å². The van der Waals surface area contributed by atoms with Crippen LogP contribution in [0.15, 0.2) is 41.7 Å². The number of anilines is 1. The number of aliphatic imine (C=N–C) groups is 1. The molecule has 0 saturated carbocycles. The molecule has 3 N–H and O–H groups in total. The molecule has 0 amide bonds. The Labute approximate surface area is 165 Å². The van der Waals surface area contributed by atoms with Gasteiger partial charge >= 0.3 is 0 Å². The van der Waals surface area contributed by atoms with Crippen LogP contribution >= 0.6 is 0 Å². The smallest absolute Gasteiger partial charge is 0.225 e. The molecule has 1 unspecified atom stereocenters. The van der Waals surface area contributed by atoms with Gasteiger partial charge < -0.3 is 25.4 Å². The zero-order chi connectivity index (χ0) is 19.8. The summed E-state index contributed by atoms with van der Waals surface area (Å²) < 4.78 is 10.6. The molecule has 2 aromatic rings. The Morgan fingerprint density at radius 1 is 1.25 bits per heavy atom. The third-order valence-corrected chi connectivity index (χ3v) is 4.81. The van der Waals surface area contributed by atoms with Gasteiger partial charge in [-0.05, 0) is 42.5 Å². The molecule has 8 nitrogen and oxygen atoms in total. The number of ether oxygens (including phenoxy) is 2. The molecule has 0 spiro atoms. The van der Waals surface area contributed by atoms with Gasteiger partial charge in [-0.15, -0.1) is 0 Å². The van der Waals surface area contributed by atoms with Gasteiger partial charge in [-0.2, -0.15) is 0 Å². The monoisotopic (exact) mass is 384 g/mol. The summed E-state index contributed by atoms with van der Waals surface area (Å²) in [7, 11) is 3.24. The third-order valence-electron chi connectivity index (χ3n) is 4.81. The number of benzene rings is 1. The van der Waals surface area contributed by atoms with Crippen molar-refractivity contribution < 1.29 is 9.47 Å². The lowest BCUT2D eigenvalue weighted by Crippen LogP contribution is -2.43. The molecule has 1 aromatic heterocycles. The summed E-state index contributed by atoms with van der Waals surface area (Å²) in [5.74, 6) is 3.11. The number of aromatic nitrogens is 2. The number of hydrogen-bond acceptors (Lipinski definition) is 6. The molecule has 28 heavy (non-hydrogen) atoms. The fourth-order valence-electron chi connectivity index (χ4n) is 3.33. The first-order valence-corrected chi connectivity index (χ1v) is 9.46. The molecule has 0 radical (unpaired) electrons. The van der Waals surface area contributed by atoms with Crippen molar-refractivity contribution in [3.63, 3.8) is 0 Å². The van der Waals surface area contributed by atoms with Crippen LogP contribution in [0.5, 0.6) is 11.5 Å². The van der Waals surface area contributed by atoms with Crippen LogP contribution < -0.4 is 25.4 Å². The minimum Gasteiger partial charge on any atom is -0.493 e. The molecule has 1 fully saturated rings. The lowest BCUT2D eigenvalue weighted by Gasteiger charge is -2.32. The van der Waals surface area contributed by atoms with Crippen LogP contribution in [0.4, 0.5) is 5.95 Å². The summed E-state index contributed by atoms with van der Waals surface area (Å²) >= 11 is 0. The standard InChI is InChI=1S/C20H28N6O2/c1-27-17-7-6-15(11-18(17)28-2)12-24-19(21)25-13-16-5-3-10-26(14-16)20-22-8-4-9-23-20/h4,6-9,11,16H,3,5,10,12-14H2,1-2H3,(H3,21,24,25). The van der Waals surface area contributed by atoms with E-state index >= 15 is 0 Å². The van der Waals surface area contributed by atoms with E-state index in [2.05, 4.69) is 25.2 Å². The van der Waals surface area contributed by atoms with Crippen LogP contribution in [0, 0.1) is 5.92 Å². The Morgan fingerprint density at radius 3 is 2.79 bits per heavy atom. The molecule has 1 aromatic carbocycles. The van der Waals surface area contributed by atoms with Crippen molar-refractivity contribution in [3.8, 4) is 11.5 Å². The summed E-state index contributed by atoms with van der Waals surface area (Å²) in [5.41, 5.74) is 7.06. The van der Waals surface area contributed by atoms with Gasteiger partial charge in [0.15, 0.2) is 17.5 Å². The third kappa shape index (κ3) is 5.25. The second-order valence-corrected chi connectivity index (χ2v) is 6.77. The number of methoxy groups -OCH3 is 2. The fraction of sp³-hybridized carbons (Fsp3) is 0.450. The SMILES string of the molecule is COc1ccc(CN=C(N)NCC2CCCN(c3ncccn3)C2)cc1OC. The van der Waals surface area contributed by atoms with E-state index in [-0.39, 0.29) is 0 Å². The molecule has 150 valence electrons. The van der Waals surface area contributed by atoms with E-state index in [9.17, 15) is 0 Å². The first kappa shape index (κ1) is 19.7. The van der Waals surface area contributed by atoms with E-state index in [4.69, 9.17) is 15.2 Å². The average molecular weight is 384 g/mol. The van der Waals surface area contributed by atoms with Crippen LogP contribution in [0.2, 0.25) is 0 Å². The van der Waals surface area contributed by atoms with E-state index in [1.54, 1.807) is 26.6 Å². The number of guanidine groups is 1. The number of rotatable bonds is 7.